The minimum atomic E-state index is -0.0499. The summed E-state index contributed by atoms with van der Waals surface area (Å²) in [6, 6.07) is 5.68. The van der Waals surface area contributed by atoms with E-state index in [1.54, 1.807) is 20.3 Å². The Labute approximate surface area is 150 Å². The molecule has 6 heteroatoms. The molecule has 1 aromatic rings. The lowest BCUT2D eigenvalue weighted by Gasteiger charge is -2.33. The molecule has 2 heterocycles. The van der Waals surface area contributed by atoms with Crippen LogP contribution in [0.2, 0.25) is 0 Å². The minimum absolute atomic E-state index is 0.0499. The zero-order valence-corrected chi connectivity index (χ0v) is 15.3. The quantitative estimate of drug-likeness (QED) is 0.889. The van der Waals surface area contributed by atoms with Crippen LogP contribution in [0.25, 0.3) is 0 Å². The van der Waals surface area contributed by atoms with Gasteiger partial charge in [0.15, 0.2) is 0 Å². The van der Waals surface area contributed by atoms with Gasteiger partial charge in [0.1, 0.15) is 11.5 Å². The van der Waals surface area contributed by atoms with Gasteiger partial charge >= 0.3 is 6.03 Å². The van der Waals surface area contributed by atoms with Gasteiger partial charge in [-0.05, 0) is 50.9 Å². The van der Waals surface area contributed by atoms with Crippen LogP contribution in [0.15, 0.2) is 18.2 Å². The van der Waals surface area contributed by atoms with Gasteiger partial charge in [0.25, 0.3) is 0 Å². The second-order valence-electron chi connectivity index (χ2n) is 6.85. The van der Waals surface area contributed by atoms with E-state index in [1.807, 2.05) is 17.0 Å². The largest absolute Gasteiger partial charge is 0.497 e. The average Bonchev–Trinajstić information content (AvgIpc) is 3.10. The molecular weight excluding hydrogens is 318 g/mol. The van der Waals surface area contributed by atoms with E-state index in [-0.39, 0.29) is 6.03 Å². The number of nitrogens with zero attached hydrogens (tertiary/aromatic N) is 2. The summed E-state index contributed by atoms with van der Waals surface area (Å²) >= 11 is 0. The number of amides is 2. The van der Waals surface area contributed by atoms with Gasteiger partial charge in [-0.3, -0.25) is 0 Å². The van der Waals surface area contributed by atoms with E-state index >= 15 is 0 Å². The van der Waals surface area contributed by atoms with Gasteiger partial charge in [-0.15, -0.1) is 0 Å². The molecule has 138 valence electrons. The molecule has 1 aromatic carbocycles. The number of benzene rings is 1. The lowest BCUT2D eigenvalue weighted by atomic mass is 10.1. The van der Waals surface area contributed by atoms with Crippen molar-refractivity contribution in [1.82, 2.24) is 9.80 Å². The molecule has 0 aliphatic carbocycles. The maximum Gasteiger partial charge on any atom is 0.322 e. The summed E-state index contributed by atoms with van der Waals surface area (Å²) in [4.78, 5) is 17.3. The monoisotopic (exact) mass is 347 g/mol. The highest BCUT2D eigenvalue weighted by Gasteiger charge is 2.31. The summed E-state index contributed by atoms with van der Waals surface area (Å²) in [5, 5.41) is 3.01. The molecule has 0 radical (unpaired) electrons. The molecule has 2 amide bonds. The molecule has 6 nitrogen and oxygen atoms in total. The maximum atomic E-state index is 12.8. The number of rotatable bonds is 5. The van der Waals surface area contributed by atoms with Crippen molar-refractivity contribution in [3.8, 4) is 11.5 Å². The van der Waals surface area contributed by atoms with Gasteiger partial charge in [-0.1, -0.05) is 6.42 Å². The van der Waals surface area contributed by atoms with Crippen LogP contribution < -0.4 is 14.8 Å². The van der Waals surface area contributed by atoms with Crippen LogP contribution in [0.1, 0.15) is 32.1 Å². The molecule has 25 heavy (non-hydrogen) atoms. The van der Waals surface area contributed by atoms with Gasteiger partial charge < -0.3 is 24.6 Å². The summed E-state index contributed by atoms with van der Waals surface area (Å²) in [5.74, 6) is 1.34. The highest BCUT2D eigenvalue weighted by Crippen LogP contribution is 2.30. The Bertz CT molecular complexity index is 587. The van der Waals surface area contributed by atoms with E-state index in [4.69, 9.17) is 9.47 Å². The van der Waals surface area contributed by atoms with E-state index in [0.717, 1.165) is 39.0 Å². The first-order valence-electron chi connectivity index (χ1n) is 9.23. The van der Waals surface area contributed by atoms with Crippen molar-refractivity contribution < 1.29 is 14.3 Å². The zero-order chi connectivity index (χ0) is 17.6. The topological polar surface area (TPSA) is 54.0 Å². The maximum absolute atomic E-state index is 12.8. The van der Waals surface area contributed by atoms with Gasteiger partial charge in [-0.2, -0.15) is 0 Å². The van der Waals surface area contributed by atoms with Crippen LogP contribution >= 0.6 is 0 Å². The molecule has 3 rings (SSSR count). The lowest BCUT2D eigenvalue weighted by Crippen LogP contribution is -2.46. The highest BCUT2D eigenvalue weighted by molar-refractivity contribution is 5.91. The van der Waals surface area contributed by atoms with Crippen molar-refractivity contribution in [1.29, 1.82) is 0 Å². The van der Waals surface area contributed by atoms with Crippen molar-refractivity contribution in [3.63, 3.8) is 0 Å². The Morgan fingerprint density at radius 2 is 1.92 bits per heavy atom. The summed E-state index contributed by atoms with van der Waals surface area (Å²) < 4.78 is 10.6. The Morgan fingerprint density at radius 1 is 1.12 bits per heavy atom. The number of urea groups is 1. The van der Waals surface area contributed by atoms with Crippen LogP contribution in [0.4, 0.5) is 10.5 Å². The Hall–Kier alpha value is -1.95. The van der Waals surface area contributed by atoms with E-state index in [1.165, 1.54) is 19.3 Å². The predicted molar refractivity (Wildman–Crippen MR) is 98.6 cm³/mol. The molecule has 0 aromatic heterocycles. The van der Waals surface area contributed by atoms with Crippen molar-refractivity contribution in [2.75, 3.05) is 45.7 Å². The minimum Gasteiger partial charge on any atom is -0.497 e. The van der Waals surface area contributed by atoms with Crippen molar-refractivity contribution in [2.45, 2.75) is 38.1 Å². The van der Waals surface area contributed by atoms with Crippen LogP contribution in [0.3, 0.4) is 0 Å². The molecule has 2 aliphatic heterocycles. The van der Waals surface area contributed by atoms with Gasteiger partial charge in [0, 0.05) is 25.2 Å². The number of nitrogens with one attached hydrogen (secondary N) is 1. The smallest absolute Gasteiger partial charge is 0.322 e. The molecule has 0 saturated carbocycles. The normalized spacial score (nSPS) is 21.2. The SMILES string of the molecule is COc1ccc(OC)c(NC(=O)N2CCC[C@@H]2CN2CCCCC2)c1. The molecular formula is C19H29N3O3. The number of likely N-dealkylation sites (tertiary alicyclic amines) is 2. The average molecular weight is 347 g/mol. The van der Waals surface area contributed by atoms with E-state index in [2.05, 4.69) is 10.2 Å². The predicted octanol–water partition coefficient (Wildman–Crippen LogP) is 3.19. The van der Waals surface area contributed by atoms with Crippen LogP contribution in [0, 0.1) is 0 Å². The fourth-order valence-corrected chi connectivity index (χ4v) is 3.83. The molecule has 2 aliphatic rings. The summed E-state index contributed by atoms with van der Waals surface area (Å²) in [6.45, 7) is 4.13. The molecule has 2 fully saturated rings. The van der Waals surface area contributed by atoms with Gasteiger partial charge in [-0.25, -0.2) is 4.79 Å². The van der Waals surface area contributed by atoms with E-state index in [0.29, 0.717) is 23.2 Å². The third-order valence-electron chi connectivity index (χ3n) is 5.20. The number of ether oxygens (including phenoxy) is 2. The third kappa shape index (κ3) is 4.37. The van der Waals surface area contributed by atoms with Crippen LogP contribution in [-0.4, -0.2) is 62.3 Å². The first-order valence-corrected chi connectivity index (χ1v) is 9.23. The van der Waals surface area contributed by atoms with Crippen molar-refractivity contribution in [2.24, 2.45) is 0 Å². The Morgan fingerprint density at radius 3 is 2.64 bits per heavy atom. The van der Waals surface area contributed by atoms with E-state index < -0.39 is 0 Å². The number of carbonyl (C=O) groups is 1. The Kier molecular flexibility index (Phi) is 6.02. The number of piperidine rings is 1. The first-order chi connectivity index (χ1) is 12.2. The number of hydrogen-bond acceptors (Lipinski definition) is 4. The molecule has 0 unspecified atom stereocenters. The fraction of sp³-hybridized carbons (Fsp3) is 0.632. The second kappa shape index (κ2) is 8.43. The standard InChI is InChI=1S/C19H29N3O3/c1-24-16-8-9-18(25-2)17(13-16)20-19(23)22-12-6-7-15(22)14-21-10-4-3-5-11-21/h8-9,13,15H,3-7,10-12,14H2,1-2H3,(H,20,23)/t15-/m1/s1. The van der Waals surface area contributed by atoms with E-state index in [9.17, 15) is 4.79 Å². The van der Waals surface area contributed by atoms with Gasteiger partial charge in [0.2, 0.25) is 0 Å². The second-order valence-corrected chi connectivity index (χ2v) is 6.85. The van der Waals surface area contributed by atoms with Crippen LogP contribution in [-0.2, 0) is 0 Å². The van der Waals surface area contributed by atoms with Crippen molar-refractivity contribution >= 4 is 11.7 Å². The molecule has 1 atom stereocenters. The van der Waals surface area contributed by atoms with Crippen LogP contribution in [0.5, 0.6) is 11.5 Å². The molecule has 2 saturated heterocycles. The summed E-state index contributed by atoms with van der Waals surface area (Å²) in [5.41, 5.74) is 0.649. The summed E-state index contributed by atoms with van der Waals surface area (Å²) in [7, 11) is 3.22. The van der Waals surface area contributed by atoms with Crippen molar-refractivity contribution in [3.05, 3.63) is 18.2 Å². The Balaban J connectivity index is 1.65. The summed E-state index contributed by atoms with van der Waals surface area (Å²) in [6.07, 6.45) is 6.04. The fourth-order valence-electron chi connectivity index (χ4n) is 3.83. The number of anilines is 1. The number of carbonyl (C=O) groups excluding carboxylic acids is 1. The molecule has 0 spiro atoms. The van der Waals surface area contributed by atoms with Gasteiger partial charge in [0.05, 0.1) is 19.9 Å². The highest BCUT2D eigenvalue weighted by atomic mass is 16.5. The first kappa shape index (κ1) is 17.9. The molecule has 0 bridgehead atoms. The third-order valence-corrected chi connectivity index (χ3v) is 5.20. The number of methoxy groups -OCH3 is 2. The zero-order valence-electron chi connectivity index (χ0n) is 15.3. The lowest BCUT2D eigenvalue weighted by molar-refractivity contribution is 0.161. The number of hydrogen-bond donors (Lipinski definition) is 1. The molecule has 1 N–H and O–H groups in total.